The largest absolute Gasteiger partial charge is 0.416 e. The zero-order valence-corrected chi connectivity index (χ0v) is 24.5. The predicted molar refractivity (Wildman–Crippen MR) is 168 cm³/mol. The van der Waals surface area contributed by atoms with Gasteiger partial charge in [0.05, 0.1) is 28.4 Å². The summed E-state index contributed by atoms with van der Waals surface area (Å²) in [7, 11) is 0. The number of nitrogens with one attached hydrogen (secondary N) is 2. The highest BCUT2D eigenvalue weighted by molar-refractivity contribution is 6.07. The lowest BCUT2D eigenvalue weighted by molar-refractivity contribution is -0.138. The van der Waals surface area contributed by atoms with Crippen LogP contribution in [0.15, 0.2) is 83.7 Å². The highest BCUT2D eigenvalue weighted by Crippen LogP contribution is 2.41. The Morgan fingerprint density at radius 3 is 2.31 bits per heavy atom. The molecule has 7 rings (SSSR count). The molecule has 1 amide bonds. The Kier molecular flexibility index (Phi) is 7.14. The van der Waals surface area contributed by atoms with E-state index in [9.17, 15) is 22.8 Å². The summed E-state index contributed by atoms with van der Waals surface area (Å²) in [6.45, 7) is 1.37. The van der Waals surface area contributed by atoms with Crippen LogP contribution in [0.25, 0.3) is 21.7 Å². The van der Waals surface area contributed by atoms with Gasteiger partial charge >= 0.3 is 6.18 Å². The third-order valence-electron chi connectivity index (χ3n) is 9.32. The zero-order valence-electron chi connectivity index (χ0n) is 24.5. The number of benzene rings is 4. The number of carbonyl (C=O) groups is 1. The molecule has 0 radical (unpaired) electrons. The number of anilines is 2. The molecule has 5 nitrogen and oxygen atoms in total. The molecule has 1 aromatic heterocycles. The van der Waals surface area contributed by atoms with Gasteiger partial charge in [-0.15, -0.1) is 0 Å². The zero-order chi connectivity index (χ0) is 31.5. The quantitative estimate of drug-likeness (QED) is 0.155. The lowest BCUT2D eigenvalue weighted by Gasteiger charge is -2.35. The number of carbonyl (C=O) groups excluding carboxylic acids is 1. The highest BCUT2D eigenvalue weighted by atomic mass is 19.4. The van der Waals surface area contributed by atoms with Crippen molar-refractivity contribution in [2.75, 3.05) is 10.6 Å². The molecule has 2 atom stereocenters. The lowest BCUT2D eigenvalue weighted by Crippen LogP contribution is -2.41. The van der Waals surface area contributed by atoms with Crippen LogP contribution in [0.3, 0.4) is 0 Å². The van der Waals surface area contributed by atoms with Gasteiger partial charge in [-0.1, -0.05) is 61.4 Å². The van der Waals surface area contributed by atoms with Gasteiger partial charge in [-0.3, -0.25) is 14.2 Å². The normalized spacial score (nSPS) is 18.4. The molecule has 5 aromatic rings. The van der Waals surface area contributed by atoms with Crippen LogP contribution < -0.4 is 16.2 Å². The Morgan fingerprint density at radius 1 is 0.889 bits per heavy atom. The first-order chi connectivity index (χ1) is 21.6. The maximum atomic E-state index is 15.3. The monoisotopic (exact) mass is 613 g/mol. The van der Waals surface area contributed by atoms with Crippen LogP contribution in [0.2, 0.25) is 0 Å². The van der Waals surface area contributed by atoms with Gasteiger partial charge in [0.15, 0.2) is 0 Å². The molecule has 9 heteroatoms. The Balaban J connectivity index is 1.37. The topological polar surface area (TPSA) is 63.1 Å². The predicted octanol–water partition coefficient (Wildman–Crippen LogP) is 8.38. The van der Waals surface area contributed by atoms with Gasteiger partial charge in [0.1, 0.15) is 5.82 Å². The molecule has 230 valence electrons. The van der Waals surface area contributed by atoms with E-state index in [4.69, 9.17) is 0 Å². The Morgan fingerprint density at radius 2 is 1.58 bits per heavy atom. The number of hydrogen-bond donors (Lipinski definition) is 2. The molecular formula is C36H31F4N3O2. The van der Waals surface area contributed by atoms with E-state index in [2.05, 4.69) is 10.6 Å². The average molecular weight is 614 g/mol. The van der Waals surface area contributed by atoms with Crippen LogP contribution in [0.5, 0.6) is 0 Å². The van der Waals surface area contributed by atoms with Gasteiger partial charge in [-0.25, -0.2) is 4.39 Å². The summed E-state index contributed by atoms with van der Waals surface area (Å²) in [5.41, 5.74) is 1.60. The molecule has 2 heterocycles. The number of nitrogens with zero attached hydrogens (tertiary/aromatic N) is 1. The molecule has 1 saturated carbocycles. The second-order valence-corrected chi connectivity index (χ2v) is 12.2. The van der Waals surface area contributed by atoms with Crippen molar-refractivity contribution in [2.24, 2.45) is 5.92 Å². The third-order valence-corrected chi connectivity index (χ3v) is 9.32. The molecule has 1 fully saturated rings. The minimum absolute atomic E-state index is 0.00805. The van der Waals surface area contributed by atoms with Gasteiger partial charge in [0.2, 0.25) is 5.91 Å². The molecule has 2 N–H and O–H groups in total. The number of alkyl halides is 3. The van der Waals surface area contributed by atoms with Crippen molar-refractivity contribution >= 4 is 39.0 Å². The molecule has 0 spiro atoms. The number of para-hydroxylation sites is 1. The number of hydrogen-bond acceptors (Lipinski definition) is 3. The summed E-state index contributed by atoms with van der Waals surface area (Å²) in [6.07, 6.45) is 0.185. The van der Waals surface area contributed by atoms with Crippen molar-refractivity contribution in [2.45, 2.75) is 57.3 Å². The van der Waals surface area contributed by atoms with Gasteiger partial charge in [-0.05, 0) is 78.6 Å². The Bertz CT molecular complexity index is 2010. The molecule has 0 bridgehead atoms. The Hall–Kier alpha value is -4.66. The van der Waals surface area contributed by atoms with Crippen molar-refractivity contribution in [3.8, 4) is 0 Å². The van der Waals surface area contributed by atoms with Gasteiger partial charge in [0, 0.05) is 22.8 Å². The minimum atomic E-state index is -4.58. The SMILES string of the molecule is Cc1ccc(NC(=O)[C@@H]2Cc3cccc4c5cccc(F)c5c(=O)n(c34)[C@@H]2c2ccc(NC3CCCC3)cc2)cc1C(F)(F)F. The number of halogens is 4. The van der Waals surface area contributed by atoms with E-state index < -0.39 is 41.0 Å². The van der Waals surface area contributed by atoms with Crippen LogP contribution in [0.4, 0.5) is 28.9 Å². The van der Waals surface area contributed by atoms with Crippen molar-refractivity contribution in [1.82, 2.24) is 4.57 Å². The molecule has 1 aliphatic carbocycles. The van der Waals surface area contributed by atoms with Crippen LogP contribution in [0.1, 0.15) is 54.0 Å². The number of aryl methyl sites for hydroxylation is 1. The minimum Gasteiger partial charge on any atom is -0.382 e. The highest BCUT2D eigenvalue weighted by Gasteiger charge is 2.39. The van der Waals surface area contributed by atoms with E-state index in [1.54, 1.807) is 12.1 Å². The lowest BCUT2D eigenvalue weighted by atomic mass is 9.81. The third kappa shape index (κ3) is 5.14. The molecule has 1 aliphatic heterocycles. The fourth-order valence-electron chi connectivity index (χ4n) is 7.18. The second kappa shape index (κ2) is 11.1. The first-order valence-electron chi connectivity index (χ1n) is 15.2. The number of amides is 1. The van der Waals surface area contributed by atoms with E-state index >= 15 is 4.39 Å². The van der Waals surface area contributed by atoms with Gasteiger partial charge in [0.25, 0.3) is 5.56 Å². The fraction of sp³-hybridized carbons (Fsp3) is 0.278. The number of fused-ring (bicyclic) bond motifs is 2. The first kappa shape index (κ1) is 29.1. The van der Waals surface area contributed by atoms with E-state index in [1.807, 2.05) is 42.5 Å². The number of rotatable bonds is 5. The van der Waals surface area contributed by atoms with E-state index in [1.165, 1.54) is 42.5 Å². The van der Waals surface area contributed by atoms with E-state index in [0.717, 1.165) is 30.2 Å². The smallest absolute Gasteiger partial charge is 0.382 e. The number of pyridine rings is 1. The first-order valence-corrected chi connectivity index (χ1v) is 15.2. The molecule has 0 unspecified atom stereocenters. The van der Waals surface area contributed by atoms with Crippen LogP contribution in [-0.4, -0.2) is 16.5 Å². The van der Waals surface area contributed by atoms with Crippen LogP contribution >= 0.6 is 0 Å². The van der Waals surface area contributed by atoms with Crippen LogP contribution in [0, 0.1) is 18.7 Å². The summed E-state index contributed by atoms with van der Waals surface area (Å²) < 4.78 is 57.8. The fourth-order valence-corrected chi connectivity index (χ4v) is 7.18. The van der Waals surface area contributed by atoms with Crippen molar-refractivity contribution < 1.29 is 22.4 Å². The average Bonchev–Trinajstić information content (AvgIpc) is 3.53. The van der Waals surface area contributed by atoms with E-state index in [0.29, 0.717) is 27.9 Å². The van der Waals surface area contributed by atoms with Crippen molar-refractivity contribution in [3.63, 3.8) is 0 Å². The van der Waals surface area contributed by atoms with E-state index in [-0.39, 0.29) is 23.1 Å². The summed E-state index contributed by atoms with van der Waals surface area (Å²) in [5, 5.41) is 7.36. The van der Waals surface area contributed by atoms with Crippen molar-refractivity contribution in [1.29, 1.82) is 0 Å². The molecule has 2 aliphatic rings. The second-order valence-electron chi connectivity index (χ2n) is 12.2. The molecule has 0 saturated heterocycles. The van der Waals surface area contributed by atoms with Crippen LogP contribution in [-0.2, 0) is 17.4 Å². The summed E-state index contributed by atoms with van der Waals surface area (Å²) in [6, 6.07) is 20.8. The summed E-state index contributed by atoms with van der Waals surface area (Å²) in [5.74, 6) is -2.07. The van der Waals surface area contributed by atoms with Crippen molar-refractivity contribution in [3.05, 3.63) is 117 Å². The number of aromatic nitrogens is 1. The maximum absolute atomic E-state index is 15.3. The Labute approximate surface area is 256 Å². The van der Waals surface area contributed by atoms with Gasteiger partial charge in [-0.2, -0.15) is 13.2 Å². The summed E-state index contributed by atoms with van der Waals surface area (Å²) >= 11 is 0. The molecule has 45 heavy (non-hydrogen) atoms. The standard InChI is InChI=1S/C36H31F4N3O2/c1-20-12-15-25(19-29(20)36(38,39)40)42-34(44)28-18-22-6-4-10-27-26-9-5-11-30(37)31(26)35(45)43(33(22)27)32(28)21-13-16-24(17-14-21)41-23-7-2-3-8-23/h4-6,9-17,19,23,28,32,41H,2-3,7-8,18H2,1H3,(H,42,44)/t28-,32-/m1/s1. The molecule has 4 aromatic carbocycles. The van der Waals surface area contributed by atoms with Gasteiger partial charge < -0.3 is 10.6 Å². The maximum Gasteiger partial charge on any atom is 0.416 e. The summed E-state index contributed by atoms with van der Waals surface area (Å²) in [4.78, 5) is 28.3. The molecular weight excluding hydrogens is 582 g/mol.